The van der Waals surface area contributed by atoms with Gasteiger partial charge in [-0.05, 0) is 25.9 Å². The number of carbonyl (C=O) groups is 2. The summed E-state index contributed by atoms with van der Waals surface area (Å²) in [4.78, 5) is 29.3. The molecule has 1 atom stereocenters. The summed E-state index contributed by atoms with van der Waals surface area (Å²) in [6.07, 6.45) is 2.22. The first-order valence-electron chi connectivity index (χ1n) is 9.24. The molecule has 2 N–H and O–H groups in total. The molecule has 2 heterocycles. The van der Waals surface area contributed by atoms with E-state index in [9.17, 15) is 13.2 Å². The molecule has 166 valence electrons. The molecule has 1 fully saturated rings. The zero-order valence-electron chi connectivity index (χ0n) is 17.5. The van der Waals surface area contributed by atoms with Crippen LogP contribution in [-0.2, 0) is 15.0 Å². The molecule has 2 rings (SSSR count). The Morgan fingerprint density at radius 1 is 1.31 bits per heavy atom. The minimum atomic E-state index is -3.65. The number of carboxylic acid groups (broad SMARTS) is 1. The van der Waals surface area contributed by atoms with E-state index in [0.29, 0.717) is 13.1 Å². The van der Waals surface area contributed by atoms with Gasteiger partial charge in [0, 0.05) is 33.7 Å². The quantitative estimate of drug-likeness (QED) is 0.609. The van der Waals surface area contributed by atoms with Crippen LogP contribution >= 0.6 is 0 Å². The zero-order chi connectivity index (χ0) is 22.2. The van der Waals surface area contributed by atoms with E-state index in [0.717, 1.165) is 23.8 Å². The largest absolute Gasteiger partial charge is 0.483 e. The Balaban J connectivity index is 0.00000132. The maximum absolute atomic E-state index is 12.7. The third-order valence-corrected chi connectivity index (χ3v) is 5.95. The molecule has 29 heavy (non-hydrogen) atoms. The normalized spacial score (nSPS) is 16.9. The van der Waals surface area contributed by atoms with Crippen molar-refractivity contribution in [2.24, 2.45) is 5.92 Å². The summed E-state index contributed by atoms with van der Waals surface area (Å²) in [7, 11) is 1.27. The van der Waals surface area contributed by atoms with Crippen LogP contribution < -0.4 is 4.72 Å². The predicted octanol–water partition coefficient (Wildman–Crippen LogP) is 0.246. The van der Waals surface area contributed by atoms with Crippen molar-refractivity contribution >= 4 is 22.6 Å². The molecule has 1 saturated heterocycles. The SMILES string of the molecule is CC(C)[C@@H](NS(=O)(=O)N(C)C)c1nc(C(=O)N2CCCN(C)CC2)co1.O=CO. The van der Waals surface area contributed by atoms with Crippen LogP contribution in [0.3, 0.4) is 0 Å². The summed E-state index contributed by atoms with van der Waals surface area (Å²) >= 11 is 0. The molecule has 0 unspecified atom stereocenters. The first-order valence-corrected chi connectivity index (χ1v) is 10.7. The summed E-state index contributed by atoms with van der Waals surface area (Å²) in [6.45, 7) is 6.55. The predicted molar refractivity (Wildman–Crippen MR) is 107 cm³/mol. The van der Waals surface area contributed by atoms with Crippen molar-refractivity contribution < 1.29 is 27.5 Å². The molecule has 1 aromatic heterocycles. The number of carbonyl (C=O) groups excluding carboxylic acids is 1. The van der Waals surface area contributed by atoms with Gasteiger partial charge >= 0.3 is 0 Å². The van der Waals surface area contributed by atoms with Crippen molar-refractivity contribution in [1.29, 1.82) is 0 Å². The van der Waals surface area contributed by atoms with Crippen molar-refractivity contribution in [2.75, 3.05) is 47.3 Å². The Kier molecular flexibility index (Phi) is 9.70. The molecule has 0 saturated carbocycles. The Morgan fingerprint density at radius 2 is 1.93 bits per heavy atom. The minimum Gasteiger partial charge on any atom is -0.483 e. The number of likely N-dealkylation sites (N-methyl/N-ethyl adjacent to an activating group) is 1. The van der Waals surface area contributed by atoms with Crippen LogP contribution in [0.25, 0.3) is 0 Å². The second-order valence-electron chi connectivity index (χ2n) is 7.25. The van der Waals surface area contributed by atoms with Crippen LogP contribution in [0, 0.1) is 5.92 Å². The van der Waals surface area contributed by atoms with Crippen LogP contribution in [0.1, 0.15) is 42.7 Å². The molecule has 0 radical (unpaired) electrons. The van der Waals surface area contributed by atoms with Crippen molar-refractivity contribution in [3.63, 3.8) is 0 Å². The van der Waals surface area contributed by atoms with Crippen molar-refractivity contribution in [3.8, 4) is 0 Å². The van der Waals surface area contributed by atoms with Gasteiger partial charge in [-0.1, -0.05) is 13.8 Å². The van der Waals surface area contributed by atoms with Gasteiger partial charge < -0.3 is 19.3 Å². The van der Waals surface area contributed by atoms with Crippen LogP contribution in [0.5, 0.6) is 0 Å². The fraction of sp³-hybridized carbons (Fsp3) is 0.706. The molecule has 0 aliphatic carbocycles. The van der Waals surface area contributed by atoms with Gasteiger partial charge in [-0.25, -0.2) is 4.98 Å². The van der Waals surface area contributed by atoms with Gasteiger partial charge in [0.15, 0.2) is 5.69 Å². The molecule has 1 aromatic rings. The lowest BCUT2D eigenvalue weighted by molar-refractivity contribution is -0.122. The fourth-order valence-corrected chi connectivity index (χ4v) is 3.58. The van der Waals surface area contributed by atoms with Crippen LogP contribution in [0.4, 0.5) is 0 Å². The molecule has 1 amide bonds. The summed E-state index contributed by atoms with van der Waals surface area (Å²) in [5.41, 5.74) is 0.208. The van der Waals surface area contributed by atoms with Gasteiger partial charge in [0.05, 0.1) is 0 Å². The Hall–Kier alpha value is -2.02. The van der Waals surface area contributed by atoms with Gasteiger partial charge in [0.25, 0.3) is 22.6 Å². The first-order chi connectivity index (χ1) is 13.5. The lowest BCUT2D eigenvalue weighted by atomic mass is 10.1. The monoisotopic (exact) mass is 433 g/mol. The highest BCUT2D eigenvalue weighted by atomic mass is 32.2. The summed E-state index contributed by atoms with van der Waals surface area (Å²) < 4.78 is 33.4. The van der Waals surface area contributed by atoms with Gasteiger partial charge in [0.2, 0.25) is 5.89 Å². The van der Waals surface area contributed by atoms with E-state index in [4.69, 9.17) is 14.3 Å². The Bertz CT molecular complexity index is 764. The van der Waals surface area contributed by atoms with Gasteiger partial charge in [0.1, 0.15) is 12.3 Å². The molecule has 12 heteroatoms. The highest BCUT2D eigenvalue weighted by Gasteiger charge is 2.29. The summed E-state index contributed by atoms with van der Waals surface area (Å²) in [6, 6.07) is -0.654. The molecule has 0 bridgehead atoms. The molecule has 0 aromatic carbocycles. The van der Waals surface area contributed by atoms with Gasteiger partial charge in [-0.3, -0.25) is 9.59 Å². The lowest BCUT2D eigenvalue weighted by Crippen LogP contribution is -2.40. The second-order valence-corrected chi connectivity index (χ2v) is 9.17. The molecule has 1 aliphatic heterocycles. The number of nitrogens with one attached hydrogen (secondary N) is 1. The first kappa shape index (κ1) is 25.0. The number of oxazole rings is 1. The lowest BCUT2D eigenvalue weighted by Gasteiger charge is -2.21. The third-order valence-electron chi connectivity index (χ3n) is 4.44. The fourth-order valence-electron chi connectivity index (χ4n) is 2.68. The average Bonchev–Trinajstić information content (AvgIpc) is 3.02. The maximum Gasteiger partial charge on any atom is 0.290 e. The van der Waals surface area contributed by atoms with Crippen LogP contribution in [0.2, 0.25) is 0 Å². The second kappa shape index (κ2) is 11.2. The van der Waals surface area contributed by atoms with Crippen molar-refractivity contribution in [3.05, 3.63) is 17.8 Å². The number of amides is 1. The number of rotatable bonds is 6. The van der Waals surface area contributed by atoms with E-state index < -0.39 is 16.3 Å². The third kappa shape index (κ3) is 7.38. The molecule has 11 nitrogen and oxygen atoms in total. The maximum atomic E-state index is 12.7. The van der Waals surface area contributed by atoms with Crippen molar-refractivity contribution in [2.45, 2.75) is 26.3 Å². The highest BCUT2D eigenvalue weighted by molar-refractivity contribution is 7.87. The highest BCUT2D eigenvalue weighted by Crippen LogP contribution is 2.23. The topological polar surface area (TPSA) is 136 Å². The number of hydrogen-bond acceptors (Lipinski definition) is 7. The number of nitrogens with zero attached hydrogens (tertiary/aromatic N) is 4. The Morgan fingerprint density at radius 3 is 2.48 bits per heavy atom. The van der Waals surface area contributed by atoms with Crippen molar-refractivity contribution in [1.82, 2.24) is 23.8 Å². The van der Waals surface area contributed by atoms with E-state index in [-0.39, 0.29) is 29.9 Å². The number of aromatic nitrogens is 1. The average molecular weight is 434 g/mol. The smallest absolute Gasteiger partial charge is 0.290 e. The molecule has 0 spiro atoms. The van der Waals surface area contributed by atoms with E-state index in [1.807, 2.05) is 20.9 Å². The molecular formula is C17H31N5O6S. The van der Waals surface area contributed by atoms with E-state index in [1.165, 1.54) is 20.4 Å². The van der Waals surface area contributed by atoms with E-state index >= 15 is 0 Å². The van der Waals surface area contributed by atoms with E-state index in [2.05, 4.69) is 14.6 Å². The number of hydrogen-bond donors (Lipinski definition) is 2. The standard InChI is InChI=1S/C16H29N5O4S.CH2O2/c1-12(2)14(18-26(23,24)19(3)4)15-17-13(11-25-15)16(22)21-8-6-7-20(5)9-10-21;2-1-3/h11-12,14,18H,6-10H2,1-5H3;1H,(H,2,3)/t14-;/m1./s1. The molecule has 1 aliphatic rings. The van der Waals surface area contributed by atoms with Crippen LogP contribution in [-0.4, -0.2) is 92.3 Å². The van der Waals surface area contributed by atoms with E-state index in [1.54, 1.807) is 4.90 Å². The zero-order valence-corrected chi connectivity index (χ0v) is 18.3. The Labute approximate surface area is 171 Å². The summed E-state index contributed by atoms with van der Waals surface area (Å²) in [5, 5.41) is 6.89. The molecular weight excluding hydrogens is 402 g/mol. The van der Waals surface area contributed by atoms with Crippen LogP contribution in [0.15, 0.2) is 10.7 Å². The van der Waals surface area contributed by atoms with Gasteiger partial charge in [-0.15, -0.1) is 0 Å². The van der Waals surface area contributed by atoms with Gasteiger partial charge in [-0.2, -0.15) is 17.4 Å². The minimum absolute atomic E-state index is 0.0989. The summed E-state index contributed by atoms with van der Waals surface area (Å²) in [5.74, 6) is -0.0906.